The van der Waals surface area contributed by atoms with Crippen molar-refractivity contribution < 1.29 is 23.2 Å². The Morgan fingerprint density at radius 2 is 2.33 bits per heavy atom. The summed E-state index contributed by atoms with van der Waals surface area (Å²) in [6.07, 6.45) is 1.99. The van der Waals surface area contributed by atoms with Gasteiger partial charge >= 0.3 is 7.82 Å². The van der Waals surface area contributed by atoms with Crippen LogP contribution in [0.1, 0.15) is 19.3 Å². The molecule has 1 fully saturated rings. The van der Waals surface area contributed by atoms with Crippen molar-refractivity contribution in [2.45, 2.75) is 25.6 Å². The van der Waals surface area contributed by atoms with Gasteiger partial charge in [0, 0.05) is 13.7 Å². The van der Waals surface area contributed by atoms with Crippen LogP contribution in [0.15, 0.2) is 0 Å². The zero-order valence-corrected chi connectivity index (χ0v) is 7.83. The highest BCUT2D eigenvalue weighted by atomic mass is 31.2. The molecule has 0 amide bonds. The van der Waals surface area contributed by atoms with Crippen LogP contribution < -0.4 is 0 Å². The van der Waals surface area contributed by atoms with E-state index in [1.165, 1.54) is 0 Å². The van der Waals surface area contributed by atoms with Crippen molar-refractivity contribution in [1.29, 1.82) is 0 Å². The van der Waals surface area contributed by atoms with Gasteiger partial charge in [-0.3, -0.25) is 9.05 Å². The van der Waals surface area contributed by atoms with Crippen LogP contribution in [0, 0.1) is 0 Å². The number of phosphoric acid groups is 1. The van der Waals surface area contributed by atoms with Gasteiger partial charge in [-0.2, -0.15) is 0 Å². The Morgan fingerprint density at radius 3 is 2.83 bits per heavy atom. The molecule has 0 aromatic rings. The van der Waals surface area contributed by atoms with E-state index < -0.39 is 14.1 Å². The van der Waals surface area contributed by atoms with Crippen molar-refractivity contribution in [3.63, 3.8) is 0 Å². The lowest BCUT2D eigenvalue weighted by Crippen LogP contribution is -2.21. The first-order chi connectivity index (χ1) is 5.64. The van der Waals surface area contributed by atoms with Crippen LogP contribution >= 0.6 is 7.82 Å². The third-order valence-electron chi connectivity index (χ3n) is 1.62. The van der Waals surface area contributed by atoms with Crippen molar-refractivity contribution in [3.8, 4) is 0 Å². The zero-order valence-electron chi connectivity index (χ0n) is 6.93. The van der Waals surface area contributed by atoms with Crippen LogP contribution in [0.25, 0.3) is 0 Å². The minimum absolute atomic E-state index is 0.578. The summed E-state index contributed by atoms with van der Waals surface area (Å²) in [5.74, 6) is 0. The molecule has 1 rings (SSSR count). The maximum absolute atomic E-state index is 10.9. The molecule has 0 radical (unpaired) electrons. The molecular formula is C6H13O5P. The molecule has 72 valence electrons. The van der Waals surface area contributed by atoms with Crippen LogP contribution in [0.2, 0.25) is 0 Å². The first-order valence-electron chi connectivity index (χ1n) is 3.82. The monoisotopic (exact) mass is 196 g/mol. The lowest BCUT2D eigenvalue weighted by Gasteiger charge is -2.23. The second-order valence-corrected chi connectivity index (χ2v) is 4.07. The van der Waals surface area contributed by atoms with Gasteiger partial charge in [0.25, 0.3) is 0 Å². The quantitative estimate of drug-likeness (QED) is 0.688. The van der Waals surface area contributed by atoms with Crippen LogP contribution in [-0.2, 0) is 18.3 Å². The number of hydrogen-bond donors (Lipinski definition) is 1. The van der Waals surface area contributed by atoms with Crippen LogP contribution in [0.3, 0.4) is 0 Å². The Bertz CT molecular complexity index is 177. The summed E-state index contributed by atoms with van der Waals surface area (Å²) >= 11 is 0. The average Bonchev–Trinajstić information content (AvgIpc) is 2.06. The molecule has 1 saturated heterocycles. The lowest BCUT2D eigenvalue weighted by molar-refractivity contribution is -0.117. The highest BCUT2D eigenvalue weighted by molar-refractivity contribution is 7.47. The van der Waals surface area contributed by atoms with E-state index in [4.69, 9.17) is 14.2 Å². The molecule has 0 aliphatic carbocycles. The van der Waals surface area contributed by atoms with Crippen molar-refractivity contribution >= 4 is 7.82 Å². The predicted molar refractivity (Wildman–Crippen MR) is 41.5 cm³/mol. The van der Waals surface area contributed by atoms with Gasteiger partial charge in [-0.25, -0.2) is 4.57 Å². The summed E-state index contributed by atoms with van der Waals surface area (Å²) in [5.41, 5.74) is 0. The first-order valence-corrected chi connectivity index (χ1v) is 5.32. The van der Waals surface area contributed by atoms with E-state index in [1.807, 2.05) is 0 Å². The molecule has 6 heteroatoms. The van der Waals surface area contributed by atoms with Crippen molar-refractivity contribution in [2.24, 2.45) is 0 Å². The molecule has 1 aliphatic rings. The maximum Gasteiger partial charge on any atom is 0.474 e. The Balaban J connectivity index is 2.34. The molecule has 1 heterocycles. The second-order valence-electron chi connectivity index (χ2n) is 2.55. The Kier molecular flexibility index (Phi) is 3.68. The largest absolute Gasteiger partial charge is 0.474 e. The topological polar surface area (TPSA) is 65.0 Å². The zero-order chi connectivity index (χ0) is 9.03. The molecule has 0 bridgehead atoms. The summed E-state index contributed by atoms with van der Waals surface area (Å²) in [4.78, 5) is 8.91. The van der Waals surface area contributed by atoms with E-state index in [1.54, 1.807) is 0 Å². The molecule has 0 spiro atoms. The van der Waals surface area contributed by atoms with Gasteiger partial charge in [0.2, 0.25) is 0 Å². The molecule has 0 saturated carbocycles. The van der Waals surface area contributed by atoms with Crippen LogP contribution in [-0.4, -0.2) is 24.9 Å². The first kappa shape index (κ1) is 10.2. The number of hydrogen-bond acceptors (Lipinski definition) is 4. The van der Waals surface area contributed by atoms with Crippen molar-refractivity contribution in [3.05, 3.63) is 0 Å². The molecule has 1 N–H and O–H groups in total. The van der Waals surface area contributed by atoms with E-state index in [0.717, 1.165) is 20.0 Å². The summed E-state index contributed by atoms with van der Waals surface area (Å²) in [7, 11) is -2.74. The van der Waals surface area contributed by atoms with Gasteiger partial charge in [0.15, 0.2) is 6.29 Å². The smallest absolute Gasteiger partial charge is 0.352 e. The highest BCUT2D eigenvalue weighted by Gasteiger charge is 2.26. The molecule has 2 unspecified atom stereocenters. The van der Waals surface area contributed by atoms with Crippen molar-refractivity contribution in [1.82, 2.24) is 0 Å². The normalized spacial score (nSPS) is 29.7. The fourth-order valence-corrected chi connectivity index (χ4v) is 1.54. The molecule has 2 atom stereocenters. The third-order valence-corrected chi connectivity index (χ3v) is 2.58. The third kappa shape index (κ3) is 3.21. The second kappa shape index (κ2) is 4.35. The molecular weight excluding hydrogens is 183 g/mol. The SMILES string of the molecule is COP(=O)(O)OC1CCCCO1. The molecule has 1 aliphatic heterocycles. The number of phosphoric ester groups is 1. The fraction of sp³-hybridized carbons (Fsp3) is 1.00. The van der Waals surface area contributed by atoms with Gasteiger partial charge in [-0.15, -0.1) is 0 Å². The minimum Gasteiger partial charge on any atom is -0.352 e. The molecule has 0 aromatic carbocycles. The highest BCUT2D eigenvalue weighted by Crippen LogP contribution is 2.44. The van der Waals surface area contributed by atoms with E-state index in [9.17, 15) is 4.57 Å². The van der Waals surface area contributed by atoms with E-state index in [0.29, 0.717) is 13.0 Å². The Morgan fingerprint density at radius 1 is 1.58 bits per heavy atom. The van der Waals surface area contributed by atoms with E-state index in [-0.39, 0.29) is 0 Å². The van der Waals surface area contributed by atoms with Gasteiger partial charge in [-0.1, -0.05) is 0 Å². The average molecular weight is 196 g/mol. The minimum atomic E-state index is -3.87. The van der Waals surface area contributed by atoms with Gasteiger partial charge in [-0.05, 0) is 19.3 Å². The van der Waals surface area contributed by atoms with Gasteiger partial charge < -0.3 is 9.63 Å². The standard InChI is InChI=1S/C6H13O5P/c1-9-12(7,8)11-6-4-2-3-5-10-6/h6H,2-5H2,1H3,(H,7,8). The molecule has 0 aromatic heterocycles. The van der Waals surface area contributed by atoms with E-state index >= 15 is 0 Å². The Labute approximate surface area is 71.2 Å². The summed E-state index contributed by atoms with van der Waals surface area (Å²) in [6.45, 7) is 0.578. The van der Waals surface area contributed by atoms with Gasteiger partial charge in [0.1, 0.15) is 0 Å². The number of rotatable bonds is 3. The summed E-state index contributed by atoms with van der Waals surface area (Å²) < 4.78 is 24.9. The van der Waals surface area contributed by atoms with E-state index in [2.05, 4.69) is 4.52 Å². The van der Waals surface area contributed by atoms with Gasteiger partial charge in [0.05, 0.1) is 0 Å². The lowest BCUT2D eigenvalue weighted by atomic mass is 10.2. The van der Waals surface area contributed by atoms with Crippen molar-refractivity contribution in [2.75, 3.05) is 13.7 Å². The van der Waals surface area contributed by atoms with Crippen LogP contribution in [0.4, 0.5) is 0 Å². The summed E-state index contributed by atoms with van der Waals surface area (Å²) in [5, 5.41) is 0. The van der Waals surface area contributed by atoms with Crippen LogP contribution in [0.5, 0.6) is 0 Å². The molecule has 12 heavy (non-hydrogen) atoms. The number of ether oxygens (including phenoxy) is 1. The predicted octanol–water partition coefficient (Wildman–Crippen LogP) is 1.28. The fourth-order valence-electron chi connectivity index (χ4n) is 0.986. The molecule has 5 nitrogen and oxygen atoms in total. The maximum atomic E-state index is 10.9. The summed E-state index contributed by atoms with van der Waals surface area (Å²) in [6, 6.07) is 0. The Hall–Kier alpha value is 0.0700.